The van der Waals surface area contributed by atoms with Gasteiger partial charge >= 0.3 is 6.18 Å². The molecule has 0 aliphatic carbocycles. The molecule has 2 rings (SSSR count). The Labute approximate surface area is 121 Å². The van der Waals surface area contributed by atoms with Crippen molar-refractivity contribution in [3.63, 3.8) is 0 Å². The van der Waals surface area contributed by atoms with Crippen molar-refractivity contribution in [3.8, 4) is 11.3 Å². The number of nitrogens with zero attached hydrogens (tertiary/aromatic N) is 1. The number of halogens is 6. The fourth-order valence-electron chi connectivity index (χ4n) is 1.46. The van der Waals surface area contributed by atoms with E-state index in [4.69, 9.17) is 34.8 Å². The molecule has 1 heterocycles. The molecule has 1 aromatic carbocycles. The molecule has 0 bridgehead atoms. The molecule has 1 aromatic heterocycles. The number of pyridine rings is 1. The third-order valence-electron chi connectivity index (χ3n) is 2.37. The van der Waals surface area contributed by atoms with Crippen LogP contribution in [0.3, 0.4) is 0 Å². The second-order valence-electron chi connectivity index (χ2n) is 3.67. The Kier molecular flexibility index (Phi) is 3.95. The SMILES string of the molecule is FC(F)(F)c1ccc(-c2nc(Cl)c(Cl)cc2Cl)cc1. The minimum Gasteiger partial charge on any atom is -0.233 e. The van der Waals surface area contributed by atoms with Crippen molar-refractivity contribution in [2.45, 2.75) is 6.18 Å². The van der Waals surface area contributed by atoms with Gasteiger partial charge in [0.05, 0.1) is 21.3 Å². The molecular formula is C12H5Cl3F3N. The average Bonchev–Trinajstić information content (AvgIpc) is 2.33. The van der Waals surface area contributed by atoms with Gasteiger partial charge in [0, 0.05) is 5.56 Å². The van der Waals surface area contributed by atoms with Crippen LogP contribution in [-0.2, 0) is 6.18 Å². The fourth-order valence-corrected chi connectivity index (χ4v) is 2.07. The molecule has 0 radical (unpaired) electrons. The Balaban J connectivity index is 2.46. The lowest BCUT2D eigenvalue weighted by Gasteiger charge is -2.09. The molecule has 0 fully saturated rings. The first-order valence-electron chi connectivity index (χ1n) is 4.98. The molecule has 0 atom stereocenters. The van der Waals surface area contributed by atoms with Crippen LogP contribution in [0.1, 0.15) is 5.56 Å². The van der Waals surface area contributed by atoms with Crippen LogP contribution in [0.15, 0.2) is 30.3 Å². The molecule has 0 saturated heterocycles. The van der Waals surface area contributed by atoms with Gasteiger partial charge in [-0.2, -0.15) is 13.2 Å². The molecule has 0 aliphatic heterocycles. The van der Waals surface area contributed by atoms with Gasteiger partial charge in [0.25, 0.3) is 0 Å². The Morgan fingerprint density at radius 2 is 1.47 bits per heavy atom. The molecule has 0 saturated carbocycles. The van der Waals surface area contributed by atoms with Gasteiger partial charge in [-0.1, -0.05) is 46.9 Å². The summed E-state index contributed by atoms with van der Waals surface area (Å²) in [5, 5.41) is 0.442. The summed E-state index contributed by atoms with van der Waals surface area (Å²) in [4.78, 5) is 3.95. The maximum absolute atomic E-state index is 12.4. The molecular weight excluding hydrogens is 321 g/mol. The van der Waals surface area contributed by atoms with Crippen LogP contribution in [0.4, 0.5) is 13.2 Å². The van der Waals surface area contributed by atoms with Crippen molar-refractivity contribution in [2.24, 2.45) is 0 Å². The first-order chi connectivity index (χ1) is 8.79. The predicted molar refractivity (Wildman–Crippen MR) is 69.7 cm³/mol. The van der Waals surface area contributed by atoms with E-state index in [1.807, 2.05) is 0 Å². The van der Waals surface area contributed by atoms with Gasteiger partial charge in [-0.3, -0.25) is 0 Å². The lowest BCUT2D eigenvalue weighted by atomic mass is 10.1. The van der Waals surface area contributed by atoms with Crippen LogP contribution in [0.5, 0.6) is 0 Å². The smallest absolute Gasteiger partial charge is 0.233 e. The van der Waals surface area contributed by atoms with Gasteiger partial charge in [0.15, 0.2) is 0 Å². The molecule has 0 unspecified atom stereocenters. The zero-order valence-corrected chi connectivity index (χ0v) is 11.4. The second-order valence-corrected chi connectivity index (χ2v) is 4.84. The number of benzene rings is 1. The zero-order chi connectivity index (χ0) is 14.2. The first-order valence-corrected chi connectivity index (χ1v) is 6.11. The molecule has 2 aromatic rings. The average molecular weight is 327 g/mol. The predicted octanol–water partition coefficient (Wildman–Crippen LogP) is 5.73. The molecule has 0 aliphatic rings. The molecule has 19 heavy (non-hydrogen) atoms. The first kappa shape index (κ1) is 14.4. The van der Waals surface area contributed by atoms with E-state index in [1.165, 1.54) is 18.2 Å². The Hall–Kier alpha value is -0.970. The van der Waals surface area contributed by atoms with Crippen molar-refractivity contribution < 1.29 is 13.2 Å². The highest BCUT2D eigenvalue weighted by Crippen LogP contribution is 2.34. The van der Waals surface area contributed by atoms with Gasteiger partial charge in [0.1, 0.15) is 5.15 Å². The summed E-state index contributed by atoms with van der Waals surface area (Å²) >= 11 is 17.4. The number of aromatic nitrogens is 1. The maximum atomic E-state index is 12.4. The maximum Gasteiger partial charge on any atom is 0.416 e. The summed E-state index contributed by atoms with van der Waals surface area (Å²) in [6, 6.07) is 5.86. The molecule has 0 spiro atoms. The lowest BCUT2D eigenvalue weighted by molar-refractivity contribution is -0.137. The Morgan fingerprint density at radius 1 is 0.895 bits per heavy atom. The van der Waals surface area contributed by atoms with Crippen LogP contribution in [0.25, 0.3) is 11.3 Å². The van der Waals surface area contributed by atoms with E-state index >= 15 is 0 Å². The van der Waals surface area contributed by atoms with Gasteiger partial charge in [-0.15, -0.1) is 0 Å². The van der Waals surface area contributed by atoms with Crippen LogP contribution in [0.2, 0.25) is 15.2 Å². The van der Waals surface area contributed by atoms with Gasteiger partial charge in [0.2, 0.25) is 0 Å². The fraction of sp³-hybridized carbons (Fsp3) is 0.0833. The molecule has 7 heteroatoms. The number of hydrogen-bond donors (Lipinski definition) is 0. The van der Waals surface area contributed by atoms with Gasteiger partial charge in [-0.25, -0.2) is 4.98 Å². The van der Waals surface area contributed by atoms with Crippen molar-refractivity contribution in [3.05, 3.63) is 51.1 Å². The van der Waals surface area contributed by atoms with Gasteiger partial charge in [-0.05, 0) is 18.2 Å². The summed E-state index contributed by atoms with van der Waals surface area (Å²) in [5.74, 6) is 0. The van der Waals surface area contributed by atoms with Crippen LogP contribution in [0, 0.1) is 0 Å². The largest absolute Gasteiger partial charge is 0.416 e. The highest BCUT2D eigenvalue weighted by molar-refractivity contribution is 6.42. The van der Waals surface area contributed by atoms with Crippen molar-refractivity contribution in [1.82, 2.24) is 4.98 Å². The monoisotopic (exact) mass is 325 g/mol. The van der Waals surface area contributed by atoms with E-state index in [0.29, 0.717) is 5.56 Å². The molecule has 0 amide bonds. The Morgan fingerprint density at radius 3 is 2.00 bits per heavy atom. The highest BCUT2D eigenvalue weighted by atomic mass is 35.5. The zero-order valence-electron chi connectivity index (χ0n) is 9.10. The normalized spacial score (nSPS) is 11.7. The van der Waals surface area contributed by atoms with Crippen molar-refractivity contribution in [1.29, 1.82) is 0 Å². The summed E-state index contributed by atoms with van der Waals surface area (Å²) in [6.07, 6.45) is -4.38. The van der Waals surface area contributed by atoms with Crippen molar-refractivity contribution >= 4 is 34.8 Å². The van der Waals surface area contributed by atoms with Crippen LogP contribution in [-0.4, -0.2) is 4.98 Å². The summed E-state index contributed by atoms with van der Waals surface area (Å²) in [6.45, 7) is 0. The standard InChI is InChI=1S/C12H5Cl3F3N/c13-8-5-9(14)11(15)19-10(8)6-1-3-7(4-2-6)12(16,17)18/h1-5H. The molecule has 1 nitrogen and oxygen atoms in total. The number of alkyl halides is 3. The van der Waals surface area contributed by atoms with Crippen molar-refractivity contribution in [2.75, 3.05) is 0 Å². The quantitative estimate of drug-likeness (QED) is 0.610. The highest BCUT2D eigenvalue weighted by Gasteiger charge is 2.30. The van der Waals surface area contributed by atoms with Crippen LogP contribution >= 0.6 is 34.8 Å². The number of hydrogen-bond acceptors (Lipinski definition) is 1. The summed E-state index contributed by atoms with van der Waals surface area (Å²) in [7, 11) is 0. The lowest BCUT2D eigenvalue weighted by Crippen LogP contribution is -2.04. The molecule has 0 N–H and O–H groups in total. The third-order valence-corrected chi connectivity index (χ3v) is 3.33. The summed E-state index contributed by atoms with van der Waals surface area (Å²) < 4.78 is 37.3. The molecule has 100 valence electrons. The Bertz CT molecular complexity index is 609. The topological polar surface area (TPSA) is 12.9 Å². The minimum atomic E-state index is -4.38. The van der Waals surface area contributed by atoms with E-state index in [-0.39, 0.29) is 20.9 Å². The van der Waals surface area contributed by atoms with E-state index in [2.05, 4.69) is 4.98 Å². The van der Waals surface area contributed by atoms with E-state index < -0.39 is 11.7 Å². The summed E-state index contributed by atoms with van der Waals surface area (Å²) in [5.41, 5.74) is -0.0335. The third kappa shape index (κ3) is 3.14. The van der Waals surface area contributed by atoms with Crippen LogP contribution < -0.4 is 0 Å². The minimum absolute atomic E-state index is 0.0426. The van der Waals surface area contributed by atoms with Gasteiger partial charge < -0.3 is 0 Å². The van der Waals surface area contributed by atoms with E-state index in [0.717, 1.165) is 12.1 Å². The van der Waals surface area contributed by atoms with E-state index in [1.54, 1.807) is 0 Å². The second kappa shape index (κ2) is 5.19. The van der Waals surface area contributed by atoms with E-state index in [9.17, 15) is 13.2 Å². The number of rotatable bonds is 1.